The Morgan fingerprint density at radius 3 is 2.22 bits per heavy atom. The second kappa shape index (κ2) is 15.1. The average molecular weight is 560 g/mol. The number of hydrogen-bond acceptors (Lipinski definition) is 6. The summed E-state index contributed by atoms with van der Waals surface area (Å²) >= 11 is 12.4. The number of nitrogens with two attached hydrogens (primary N) is 1. The van der Waals surface area contributed by atoms with Crippen LogP contribution < -0.4 is 16.4 Å². The minimum absolute atomic E-state index is 0.110. The van der Waals surface area contributed by atoms with Crippen LogP contribution in [0.5, 0.6) is 0 Å². The number of carbonyl (C=O) groups is 4. The van der Waals surface area contributed by atoms with Gasteiger partial charge in [0.1, 0.15) is 12.3 Å². The van der Waals surface area contributed by atoms with Gasteiger partial charge in [-0.1, -0.05) is 29.3 Å². The van der Waals surface area contributed by atoms with Crippen molar-refractivity contribution in [1.82, 2.24) is 10.6 Å². The second-order valence-electron chi connectivity index (χ2n) is 9.46. The van der Waals surface area contributed by atoms with Crippen LogP contribution in [0.1, 0.15) is 57.8 Å². The van der Waals surface area contributed by atoms with Crippen LogP contribution in [0, 0.1) is 11.8 Å². The maximum atomic E-state index is 12.7. The molecule has 0 fully saturated rings. The molecule has 7 N–H and O–H groups in total. The molecule has 6 atom stereocenters. The van der Waals surface area contributed by atoms with E-state index in [-0.39, 0.29) is 42.9 Å². The van der Waals surface area contributed by atoms with Gasteiger partial charge in [0.25, 0.3) is 0 Å². The van der Waals surface area contributed by atoms with Crippen molar-refractivity contribution in [3.63, 3.8) is 0 Å². The first-order chi connectivity index (χ1) is 17.4. The summed E-state index contributed by atoms with van der Waals surface area (Å²) < 4.78 is 0. The van der Waals surface area contributed by atoms with Crippen LogP contribution in [-0.4, -0.2) is 62.8 Å². The van der Waals surface area contributed by atoms with Crippen LogP contribution in [0.4, 0.5) is 0 Å². The molecule has 2 amide bonds. The number of carboxylic acids is 2. The maximum absolute atomic E-state index is 12.7. The molecule has 6 unspecified atom stereocenters. The molecular formula is C25H35Cl2N3O7. The zero-order valence-corrected chi connectivity index (χ0v) is 22.0. The predicted molar refractivity (Wildman–Crippen MR) is 139 cm³/mol. The Hall–Kier alpha value is -2.40. The Kier molecular flexibility index (Phi) is 12.6. The van der Waals surface area contributed by atoms with Crippen LogP contribution >= 0.6 is 23.2 Å². The first-order valence-electron chi connectivity index (χ1n) is 12.3. The number of carbonyl (C=O) groups excluding carboxylic acids is 2. The third kappa shape index (κ3) is 11.3. The second-order valence-corrected chi connectivity index (χ2v) is 10.5. The lowest BCUT2D eigenvalue weighted by atomic mass is 9.80. The summed E-state index contributed by atoms with van der Waals surface area (Å²) in [5, 5.41) is 34.0. The molecule has 0 saturated heterocycles. The van der Waals surface area contributed by atoms with Crippen molar-refractivity contribution in [3.05, 3.63) is 34.9 Å². The normalized spacial score (nSPS) is 23.8. The number of halogens is 2. The van der Waals surface area contributed by atoms with E-state index in [4.69, 9.17) is 39.1 Å². The summed E-state index contributed by atoms with van der Waals surface area (Å²) in [6.45, 7) is 0. The van der Waals surface area contributed by atoms with Gasteiger partial charge in [-0.2, -0.15) is 0 Å². The Balaban J connectivity index is 1.90. The Morgan fingerprint density at radius 1 is 1.03 bits per heavy atom. The molecular weight excluding hydrogens is 525 g/mol. The zero-order valence-electron chi connectivity index (χ0n) is 20.4. The summed E-state index contributed by atoms with van der Waals surface area (Å²) in [4.78, 5) is 46.2. The zero-order chi connectivity index (χ0) is 27.5. The van der Waals surface area contributed by atoms with Gasteiger partial charge >= 0.3 is 11.9 Å². The van der Waals surface area contributed by atoms with Crippen LogP contribution in [0.2, 0.25) is 0 Å². The smallest absolute Gasteiger partial charge is 0.303 e. The molecule has 2 rings (SSSR count). The van der Waals surface area contributed by atoms with Gasteiger partial charge in [-0.25, -0.2) is 0 Å². The number of alkyl halides is 1. The highest BCUT2D eigenvalue weighted by Gasteiger charge is 2.28. The summed E-state index contributed by atoms with van der Waals surface area (Å²) in [5.74, 6) is -3.42. The number of aliphatic carboxylic acids is 2. The number of rotatable bonds is 15. The molecule has 0 heterocycles. The van der Waals surface area contributed by atoms with Crippen molar-refractivity contribution < 1.29 is 34.5 Å². The predicted octanol–water partition coefficient (Wildman–Crippen LogP) is 2.39. The fourth-order valence-electron chi connectivity index (χ4n) is 4.50. The topological polar surface area (TPSA) is 179 Å². The highest BCUT2D eigenvalue weighted by atomic mass is 35.5. The molecule has 0 aliphatic heterocycles. The molecule has 2 aliphatic rings. The Bertz CT molecular complexity index is 937. The number of carboxylic acid groups (broad SMARTS) is 2. The third-order valence-electron chi connectivity index (χ3n) is 6.51. The van der Waals surface area contributed by atoms with E-state index in [1.165, 1.54) is 5.57 Å². The molecule has 2 aliphatic carbocycles. The first kappa shape index (κ1) is 30.8. The van der Waals surface area contributed by atoms with Crippen LogP contribution in [0.15, 0.2) is 34.9 Å². The van der Waals surface area contributed by atoms with Crippen molar-refractivity contribution >= 4 is 47.0 Å². The molecule has 0 aromatic rings. The maximum Gasteiger partial charge on any atom is 0.303 e. The van der Waals surface area contributed by atoms with Crippen molar-refractivity contribution in [2.24, 2.45) is 17.6 Å². The van der Waals surface area contributed by atoms with E-state index < -0.39 is 42.1 Å². The molecule has 0 aromatic heterocycles. The molecule has 0 radical (unpaired) electrons. The molecule has 37 heavy (non-hydrogen) atoms. The van der Waals surface area contributed by atoms with Crippen LogP contribution in [0.25, 0.3) is 0 Å². The van der Waals surface area contributed by atoms with Gasteiger partial charge in [0, 0.05) is 17.9 Å². The van der Waals surface area contributed by atoms with E-state index in [1.54, 1.807) is 0 Å². The number of aliphatic hydroxyl groups excluding tert-OH is 1. The Morgan fingerprint density at radius 2 is 1.68 bits per heavy atom. The molecule has 0 aromatic carbocycles. The third-order valence-corrected chi connectivity index (χ3v) is 7.02. The average Bonchev–Trinajstić information content (AvgIpc) is 2.82. The highest BCUT2D eigenvalue weighted by molar-refractivity contribution is 6.32. The standard InChI is InChI=1S/C25H35Cl2N3O7/c26-17-11-16(12-18(27)13-17)15-4-1-14(2-5-15)3-8-21(31)29-20(7-10-23(34)35)25(37)30-19(24(28)36)6-9-22(32)33/h1,4,11,13-15,18-21,29,31H,2-3,5-10,12H2,(H2,28,36)(H,30,37)(H,32,33)(H,34,35). The lowest BCUT2D eigenvalue weighted by molar-refractivity contribution is -0.139. The Labute approximate surface area is 225 Å². The monoisotopic (exact) mass is 559 g/mol. The van der Waals surface area contributed by atoms with Crippen molar-refractivity contribution in [2.75, 3.05) is 0 Å². The number of primary amides is 1. The van der Waals surface area contributed by atoms with Gasteiger partial charge < -0.3 is 26.4 Å². The quantitative estimate of drug-likeness (QED) is 0.100. The van der Waals surface area contributed by atoms with E-state index in [2.05, 4.69) is 22.8 Å². The molecule has 0 saturated carbocycles. The fraction of sp³-hybridized carbons (Fsp3) is 0.600. The number of amides is 2. The van der Waals surface area contributed by atoms with Crippen LogP contribution in [0.3, 0.4) is 0 Å². The van der Waals surface area contributed by atoms with Gasteiger partial charge in [-0.15, -0.1) is 11.6 Å². The van der Waals surface area contributed by atoms with Gasteiger partial charge in [-0.05, 0) is 68.9 Å². The first-order valence-corrected chi connectivity index (χ1v) is 13.1. The van der Waals surface area contributed by atoms with Gasteiger partial charge in [0.15, 0.2) is 0 Å². The number of hydrogen-bond donors (Lipinski definition) is 6. The molecule has 10 nitrogen and oxygen atoms in total. The van der Waals surface area contributed by atoms with Crippen molar-refractivity contribution in [1.29, 1.82) is 0 Å². The summed E-state index contributed by atoms with van der Waals surface area (Å²) in [6.07, 6.45) is 9.44. The van der Waals surface area contributed by atoms with Gasteiger partial charge in [0.05, 0.1) is 11.4 Å². The molecule has 12 heteroatoms. The minimum Gasteiger partial charge on any atom is -0.481 e. The van der Waals surface area contributed by atoms with E-state index in [9.17, 15) is 24.3 Å². The van der Waals surface area contributed by atoms with Crippen molar-refractivity contribution in [2.45, 2.75) is 81.5 Å². The SMILES string of the molecule is NC(=O)C(CCC(=O)O)NC(=O)C(CCC(=O)O)NC(O)CCC1C=CC(C2=CC(Cl)=CC(Cl)C2)CC1. The number of nitrogens with one attached hydrogen (secondary N) is 2. The van der Waals surface area contributed by atoms with Gasteiger partial charge in [0.2, 0.25) is 11.8 Å². The molecule has 206 valence electrons. The highest BCUT2D eigenvalue weighted by Crippen LogP contribution is 2.36. The summed E-state index contributed by atoms with van der Waals surface area (Å²) in [7, 11) is 0. The lowest BCUT2D eigenvalue weighted by Crippen LogP contribution is -2.54. The number of allylic oxidation sites excluding steroid dienone is 6. The largest absolute Gasteiger partial charge is 0.481 e. The van der Waals surface area contributed by atoms with Crippen LogP contribution in [-0.2, 0) is 19.2 Å². The van der Waals surface area contributed by atoms with E-state index in [0.29, 0.717) is 17.9 Å². The minimum atomic E-state index is -1.23. The van der Waals surface area contributed by atoms with E-state index >= 15 is 0 Å². The van der Waals surface area contributed by atoms with Crippen molar-refractivity contribution in [3.8, 4) is 0 Å². The summed E-state index contributed by atoms with van der Waals surface area (Å²) in [5.41, 5.74) is 6.46. The molecule has 0 bridgehead atoms. The van der Waals surface area contributed by atoms with E-state index in [0.717, 1.165) is 19.3 Å². The summed E-state index contributed by atoms with van der Waals surface area (Å²) in [6, 6.07) is -2.34. The molecule has 0 spiro atoms. The number of aliphatic hydroxyl groups is 1. The lowest BCUT2D eigenvalue weighted by Gasteiger charge is -2.28. The van der Waals surface area contributed by atoms with E-state index in [1.807, 2.05) is 12.2 Å². The van der Waals surface area contributed by atoms with Gasteiger partial charge in [-0.3, -0.25) is 24.5 Å². The fourth-order valence-corrected chi connectivity index (χ4v) is 5.17.